The number of benzene rings is 2. The number of piperidine rings is 2. The molecule has 4 aliphatic rings. The third kappa shape index (κ3) is 12.5. The first-order valence-corrected chi connectivity index (χ1v) is 23.2. The summed E-state index contributed by atoms with van der Waals surface area (Å²) in [6.45, 7) is 23.3. The Labute approximate surface area is 371 Å². The third-order valence-electron chi connectivity index (χ3n) is 12.7. The zero-order valence-electron chi connectivity index (χ0n) is 39.4. The second-order valence-corrected chi connectivity index (χ2v) is 20.7. The Morgan fingerprint density at radius 2 is 1.02 bits per heavy atom. The maximum Gasteiger partial charge on any atom is 0.305 e. The van der Waals surface area contributed by atoms with Gasteiger partial charge in [-0.05, 0) is 93.2 Å². The van der Waals surface area contributed by atoms with Crippen molar-refractivity contribution in [1.29, 1.82) is 0 Å². The molecule has 0 bridgehead atoms. The van der Waals surface area contributed by atoms with Gasteiger partial charge in [0.25, 0.3) is 0 Å². The van der Waals surface area contributed by atoms with Crippen LogP contribution in [-0.4, -0.2) is 101 Å². The van der Waals surface area contributed by atoms with Gasteiger partial charge in [-0.25, -0.2) is 0 Å². The molecule has 4 heterocycles. The summed E-state index contributed by atoms with van der Waals surface area (Å²) in [5, 5.41) is 4.24. The van der Waals surface area contributed by atoms with E-state index in [1.165, 1.54) is 0 Å². The van der Waals surface area contributed by atoms with Crippen molar-refractivity contribution in [2.24, 2.45) is 0 Å². The van der Waals surface area contributed by atoms with Gasteiger partial charge in [0.1, 0.15) is 36.8 Å². The Morgan fingerprint density at radius 3 is 1.47 bits per heavy atom. The van der Waals surface area contributed by atoms with Gasteiger partial charge >= 0.3 is 5.97 Å². The highest BCUT2D eigenvalue weighted by molar-refractivity contribution is 5.78. The molecular formula is C50H76N2O10. The van der Waals surface area contributed by atoms with Crippen LogP contribution in [0.3, 0.4) is 0 Å². The van der Waals surface area contributed by atoms with Crippen molar-refractivity contribution >= 4 is 11.8 Å². The third-order valence-corrected chi connectivity index (χ3v) is 12.7. The minimum absolute atomic E-state index is 0.0874. The molecule has 2 aromatic rings. The average Bonchev–Trinajstić information content (AvgIpc) is 3.78. The number of Topliss-reactive ketones (excluding diaryl/α,β-unsaturated/α-hetero) is 1. The highest BCUT2D eigenvalue weighted by atomic mass is 16.8. The van der Waals surface area contributed by atoms with Gasteiger partial charge in [-0.2, -0.15) is 10.1 Å². The van der Waals surface area contributed by atoms with Crippen molar-refractivity contribution in [2.45, 2.75) is 198 Å². The number of nitrogens with zero attached hydrogens (tertiary/aromatic N) is 2. The van der Waals surface area contributed by atoms with E-state index >= 15 is 0 Å². The Bertz CT molecular complexity index is 1710. The molecule has 6 rings (SSSR count). The van der Waals surface area contributed by atoms with Gasteiger partial charge in [-0.3, -0.25) is 19.3 Å². The van der Waals surface area contributed by atoms with E-state index in [2.05, 4.69) is 104 Å². The molecule has 12 nitrogen and oxygen atoms in total. The van der Waals surface area contributed by atoms with Gasteiger partial charge in [0, 0.05) is 67.1 Å². The molecule has 0 aromatic heterocycles. The Hall–Kier alpha value is -2.78. The Balaban J connectivity index is 0.803. The Morgan fingerprint density at radius 1 is 0.597 bits per heavy atom. The number of hydrogen-bond acceptors (Lipinski definition) is 12. The molecule has 12 heteroatoms. The summed E-state index contributed by atoms with van der Waals surface area (Å²) in [6.07, 6.45) is 6.37. The summed E-state index contributed by atoms with van der Waals surface area (Å²) in [4.78, 5) is 38.4. The summed E-state index contributed by atoms with van der Waals surface area (Å²) in [5.41, 5.74) is 0.848. The fraction of sp³-hybridized carbons (Fsp3) is 0.720. The number of hydrogen-bond donors (Lipinski definition) is 0. The lowest BCUT2D eigenvalue weighted by molar-refractivity contribution is -0.352. The van der Waals surface area contributed by atoms with E-state index in [1.807, 2.05) is 36.4 Å². The molecule has 4 atom stereocenters. The van der Waals surface area contributed by atoms with Gasteiger partial charge in [-0.1, -0.05) is 73.5 Å². The fourth-order valence-electron chi connectivity index (χ4n) is 10.6. The summed E-state index contributed by atoms with van der Waals surface area (Å²) < 4.78 is 37.4. The number of carbonyl (C=O) groups is 2. The molecule has 346 valence electrons. The molecule has 2 spiro atoms. The summed E-state index contributed by atoms with van der Waals surface area (Å²) >= 11 is 0. The van der Waals surface area contributed by atoms with Crippen molar-refractivity contribution in [3.8, 4) is 0 Å². The quantitative estimate of drug-likeness (QED) is 0.0933. The summed E-state index contributed by atoms with van der Waals surface area (Å²) in [7, 11) is 0. The van der Waals surface area contributed by atoms with Crippen LogP contribution in [0.25, 0.3) is 0 Å². The van der Waals surface area contributed by atoms with Crippen molar-refractivity contribution < 1.29 is 47.7 Å². The van der Waals surface area contributed by atoms with E-state index in [0.717, 1.165) is 36.8 Å². The number of carbonyl (C=O) groups excluding carboxylic acids is 2. The van der Waals surface area contributed by atoms with Gasteiger partial charge in [0.2, 0.25) is 0 Å². The molecule has 4 aliphatic heterocycles. The van der Waals surface area contributed by atoms with Crippen LogP contribution in [0.2, 0.25) is 0 Å². The molecule has 2 aromatic carbocycles. The van der Waals surface area contributed by atoms with Crippen LogP contribution < -0.4 is 0 Å². The van der Waals surface area contributed by atoms with Crippen LogP contribution in [0.4, 0.5) is 0 Å². The van der Waals surface area contributed by atoms with E-state index in [-0.39, 0.29) is 64.9 Å². The molecular weight excluding hydrogens is 789 g/mol. The van der Waals surface area contributed by atoms with Gasteiger partial charge in [0.15, 0.2) is 11.6 Å². The number of unbranched alkanes of at least 4 members (excludes halogenated alkanes) is 3. The maximum atomic E-state index is 12.6. The van der Waals surface area contributed by atoms with Crippen molar-refractivity contribution in [2.75, 3.05) is 33.0 Å². The number of hydroxylamine groups is 4. The highest BCUT2D eigenvalue weighted by Crippen LogP contribution is 2.51. The minimum Gasteiger partial charge on any atom is -0.463 e. The first-order chi connectivity index (χ1) is 29.2. The molecule has 4 fully saturated rings. The topological polar surface area (TPSA) is 114 Å². The number of rotatable bonds is 20. The van der Waals surface area contributed by atoms with Crippen LogP contribution in [0.15, 0.2) is 60.7 Å². The summed E-state index contributed by atoms with van der Waals surface area (Å²) in [5.74, 6) is -1.52. The Kier molecular flexibility index (Phi) is 15.8. The average molecular weight is 865 g/mol. The SMILES string of the molecule is CC(ON1C(C)(C)CC2(CC1(C)C)OCC(COCCC(=O)CCCCCCC(=O)OCC1COC3(CC(C)(C)N(OC(C)c4ccccc4)C(C)(C)C3)O1)O2)c1ccccc1. The molecule has 0 radical (unpaired) electrons. The zero-order chi connectivity index (χ0) is 44.8. The van der Waals surface area contributed by atoms with E-state index in [4.69, 9.17) is 38.1 Å². The lowest BCUT2D eigenvalue weighted by Gasteiger charge is -2.56. The van der Waals surface area contributed by atoms with Crippen molar-refractivity contribution in [1.82, 2.24) is 10.1 Å². The first-order valence-electron chi connectivity index (χ1n) is 23.2. The monoisotopic (exact) mass is 865 g/mol. The molecule has 62 heavy (non-hydrogen) atoms. The molecule has 0 aliphatic carbocycles. The standard InChI is InChI=1S/C50H76N2O10/c1-37(39-21-15-13-16-22-39)61-51-45(3,4)33-49(34-46(51,5)6)57-31-42(59-49)29-55-28-27-41(53)25-19-11-12-20-26-44(54)56-30-43-32-58-50(60-43)35-47(7,8)52(48(9,10)36-50)62-38(2)40-23-17-14-18-24-40/h13-18,21-24,37-38,42-43H,11-12,19-20,25-36H2,1-10H3. The highest BCUT2D eigenvalue weighted by Gasteiger charge is 2.59. The predicted molar refractivity (Wildman–Crippen MR) is 237 cm³/mol. The number of ether oxygens (including phenoxy) is 6. The fourth-order valence-corrected chi connectivity index (χ4v) is 10.6. The maximum absolute atomic E-state index is 12.6. The zero-order valence-corrected chi connectivity index (χ0v) is 39.4. The van der Waals surface area contributed by atoms with E-state index < -0.39 is 11.6 Å². The lowest BCUT2D eigenvalue weighted by atomic mass is 9.78. The molecule has 0 N–H and O–H groups in total. The summed E-state index contributed by atoms with van der Waals surface area (Å²) in [6, 6.07) is 20.5. The lowest BCUT2D eigenvalue weighted by Crippen LogP contribution is -2.65. The van der Waals surface area contributed by atoms with Crippen LogP contribution in [0, 0.1) is 0 Å². The van der Waals surface area contributed by atoms with Crippen molar-refractivity contribution in [3.05, 3.63) is 71.8 Å². The number of ketones is 1. The van der Waals surface area contributed by atoms with Crippen molar-refractivity contribution in [3.63, 3.8) is 0 Å². The van der Waals surface area contributed by atoms with E-state index in [0.29, 0.717) is 71.4 Å². The van der Waals surface area contributed by atoms with Gasteiger partial charge < -0.3 is 28.4 Å². The van der Waals surface area contributed by atoms with Gasteiger partial charge in [-0.15, -0.1) is 0 Å². The number of esters is 1. The van der Waals surface area contributed by atoms with Crippen LogP contribution in [0.5, 0.6) is 0 Å². The smallest absolute Gasteiger partial charge is 0.305 e. The molecule has 4 saturated heterocycles. The van der Waals surface area contributed by atoms with E-state index in [9.17, 15) is 9.59 Å². The largest absolute Gasteiger partial charge is 0.463 e. The second kappa shape index (κ2) is 20.2. The van der Waals surface area contributed by atoms with E-state index in [1.54, 1.807) is 0 Å². The molecule has 4 unspecified atom stereocenters. The normalized spacial score (nSPS) is 25.8. The minimum atomic E-state index is -0.765. The van der Waals surface area contributed by atoms with Gasteiger partial charge in [0.05, 0.1) is 26.4 Å². The van der Waals surface area contributed by atoms with Crippen LogP contribution in [0.1, 0.15) is 163 Å². The van der Waals surface area contributed by atoms with Crippen LogP contribution >= 0.6 is 0 Å². The molecule has 0 amide bonds. The first kappa shape index (κ1) is 48.7. The predicted octanol–water partition coefficient (Wildman–Crippen LogP) is 9.76. The molecule has 0 saturated carbocycles. The second-order valence-electron chi connectivity index (χ2n) is 20.7. The van der Waals surface area contributed by atoms with Crippen LogP contribution in [-0.2, 0) is 47.7 Å².